The highest BCUT2D eigenvalue weighted by Crippen LogP contribution is 2.24. The average Bonchev–Trinajstić information content (AvgIpc) is 2.78. The van der Waals surface area contributed by atoms with Crippen LogP contribution in [0, 0.1) is 11.3 Å². The van der Waals surface area contributed by atoms with Crippen LogP contribution in [0.15, 0.2) is 65.8 Å². The molecule has 0 aliphatic carbocycles. The van der Waals surface area contributed by atoms with Crippen LogP contribution in [0.4, 0.5) is 0 Å². The second-order valence-corrected chi connectivity index (χ2v) is 9.19. The highest BCUT2D eigenvalue weighted by molar-refractivity contribution is 7.89. The van der Waals surface area contributed by atoms with E-state index in [9.17, 15) is 13.2 Å². The molecule has 1 atom stereocenters. The molecule has 1 fully saturated rings. The summed E-state index contributed by atoms with van der Waals surface area (Å²) < 4.78 is 27.4. The molecule has 1 aliphatic heterocycles. The van der Waals surface area contributed by atoms with Gasteiger partial charge in [0.15, 0.2) is 0 Å². The molecule has 4 rings (SSSR count). The number of rotatable bonds is 3. The van der Waals surface area contributed by atoms with E-state index in [1.165, 1.54) is 28.6 Å². The Morgan fingerprint density at radius 2 is 1.90 bits per heavy atom. The van der Waals surface area contributed by atoms with Crippen molar-refractivity contribution in [2.75, 3.05) is 19.6 Å². The minimum atomic E-state index is -3.69. The number of sulfonamides is 1. The maximum Gasteiger partial charge on any atom is 0.254 e. The van der Waals surface area contributed by atoms with Crippen molar-refractivity contribution in [2.45, 2.75) is 17.9 Å². The number of piperazine rings is 1. The number of fused-ring (bicyclic) bond motifs is 1. The molecule has 2 heterocycles. The lowest BCUT2D eigenvalue weighted by Gasteiger charge is -2.39. The van der Waals surface area contributed by atoms with Gasteiger partial charge in [0.1, 0.15) is 0 Å². The van der Waals surface area contributed by atoms with Crippen molar-refractivity contribution in [1.82, 2.24) is 14.2 Å². The molecule has 0 saturated carbocycles. The first kappa shape index (κ1) is 20.0. The fraction of sp³-hybridized carbons (Fsp3) is 0.227. The molecule has 0 spiro atoms. The Morgan fingerprint density at radius 3 is 2.60 bits per heavy atom. The number of pyridine rings is 1. The molecule has 3 aromatic rings. The predicted octanol–water partition coefficient (Wildman–Crippen LogP) is 2.64. The van der Waals surface area contributed by atoms with Gasteiger partial charge in [-0.25, -0.2) is 8.42 Å². The second kappa shape index (κ2) is 7.86. The molecule has 1 aliphatic rings. The monoisotopic (exact) mass is 420 g/mol. The quantitative estimate of drug-likeness (QED) is 0.649. The summed E-state index contributed by atoms with van der Waals surface area (Å²) in [5.41, 5.74) is 0.971. The van der Waals surface area contributed by atoms with E-state index in [4.69, 9.17) is 5.26 Å². The number of hydrogen-bond acceptors (Lipinski definition) is 5. The van der Waals surface area contributed by atoms with Crippen molar-refractivity contribution in [3.8, 4) is 6.07 Å². The van der Waals surface area contributed by atoms with Gasteiger partial charge in [-0.2, -0.15) is 9.57 Å². The number of amides is 1. The van der Waals surface area contributed by atoms with Crippen LogP contribution in [0.3, 0.4) is 0 Å². The molecule has 8 heteroatoms. The second-order valence-electron chi connectivity index (χ2n) is 7.25. The van der Waals surface area contributed by atoms with Gasteiger partial charge in [0, 0.05) is 49.0 Å². The number of carbonyl (C=O) groups is 1. The molecular weight excluding hydrogens is 400 g/mol. The molecule has 1 amide bonds. The standard InChI is InChI=1S/C22H20N4O3S/c1-16-15-25(30(28,29)19-7-5-17(13-23)6-8-19)11-12-26(16)22(27)20-4-2-3-18-9-10-24-14-21(18)20/h2-10,14,16H,11-12,15H2,1H3/t16-/m0/s1. The molecule has 0 N–H and O–H groups in total. The van der Waals surface area contributed by atoms with E-state index in [-0.39, 0.29) is 29.9 Å². The summed E-state index contributed by atoms with van der Waals surface area (Å²) in [5, 5.41) is 10.6. The number of aromatic nitrogens is 1. The molecule has 1 saturated heterocycles. The van der Waals surface area contributed by atoms with Crippen molar-refractivity contribution in [2.24, 2.45) is 0 Å². The van der Waals surface area contributed by atoms with Crippen LogP contribution in [0.1, 0.15) is 22.8 Å². The zero-order valence-electron chi connectivity index (χ0n) is 16.4. The van der Waals surface area contributed by atoms with E-state index in [0.29, 0.717) is 17.7 Å². The summed E-state index contributed by atoms with van der Waals surface area (Å²) in [6.07, 6.45) is 3.37. The van der Waals surface area contributed by atoms with Gasteiger partial charge in [-0.15, -0.1) is 0 Å². The highest BCUT2D eigenvalue weighted by Gasteiger charge is 2.34. The summed E-state index contributed by atoms with van der Waals surface area (Å²) in [5.74, 6) is -0.128. The van der Waals surface area contributed by atoms with Gasteiger partial charge in [-0.3, -0.25) is 9.78 Å². The Morgan fingerprint density at radius 1 is 1.13 bits per heavy atom. The largest absolute Gasteiger partial charge is 0.333 e. The molecule has 0 unspecified atom stereocenters. The summed E-state index contributed by atoms with van der Waals surface area (Å²) in [4.78, 5) is 19.2. The first-order chi connectivity index (χ1) is 14.4. The minimum absolute atomic E-state index is 0.128. The van der Waals surface area contributed by atoms with Gasteiger partial charge < -0.3 is 4.90 Å². The van der Waals surface area contributed by atoms with E-state index < -0.39 is 10.0 Å². The van der Waals surface area contributed by atoms with Gasteiger partial charge in [-0.1, -0.05) is 12.1 Å². The van der Waals surface area contributed by atoms with E-state index in [1.54, 1.807) is 23.4 Å². The van der Waals surface area contributed by atoms with E-state index in [1.807, 2.05) is 31.2 Å². The van der Waals surface area contributed by atoms with E-state index >= 15 is 0 Å². The number of carbonyl (C=O) groups excluding carboxylic acids is 1. The Hall–Kier alpha value is -3.28. The third-order valence-corrected chi connectivity index (χ3v) is 7.27. The van der Waals surface area contributed by atoms with Gasteiger partial charge in [0.05, 0.1) is 16.5 Å². The van der Waals surface area contributed by atoms with Crippen molar-refractivity contribution in [1.29, 1.82) is 5.26 Å². The highest BCUT2D eigenvalue weighted by atomic mass is 32.2. The molecule has 1 aromatic heterocycles. The number of hydrogen-bond donors (Lipinski definition) is 0. The van der Waals surface area contributed by atoms with Crippen LogP contribution in [0.2, 0.25) is 0 Å². The number of benzene rings is 2. The van der Waals surface area contributed by atoms with Crippen molar-refractivity contribution in [3.05, 3.63) is 72.1 Å². The van der Waals surface area contributed by atoms with E-state index in [2.05, 4.69) is 4.98 Å². The van der Waals surface area contributed by atoms with Gasteiger partial charge in [0.25, 0.3) is 5.91 Å². The lowest BCUT2D eigenvalue weighted by Crippen LogP contribution is -2.55. The SMILES string of the molecule is C[C@H]1CN(S(=O)(=O)c2ccc(C#N)cc2)CCN1C(=O)c1cccc2ccncc12. The number of nitrogens with zero attached hydrogens (tertiary/aromatic N) is 4. The summed E-state index contributed by atoms with van der Waals surface area (Å²) in [7, 11) is -3.69. The molecular formula is C22H20N4O3S. The fourth-order valence-electron chi connectivity index (χ4n) is 3.75. The smallest absolute Gasteiger partial charge is 0.254 e. The van der Waals surface area contributed by atoms with Crippen LogP contribution in [0.5, 0.6) is 0 Å². The zero-order chi connectivity index (χ0) is 21.3. The lowest BCUT2D eigenvalue weighted by atomic mass is 10.0. The fourth-order valence-corrected chi connectivity index (χ4v) is 5.26. The number of nitriles is 1. The van der Waals surface area contributed by atoms with Crippen LogP contribution in [-0.4, -0.2) is 54.2 Å². The predicted molar refractivity (Wildman–Crippen MR) is 112 cm³/mol. The van der Waals surface area contributed by atoms with Gasteiger partial charge in [-0.05, 0) is 48.7 Å². The zero-order valence-corrected chi connectivity index (χ0v) is 17.2. The van der Waals surface area contributed by atoms with Crippen molar-refractivity contribution in [3.63, 3.8) is 0 Å². The first-order valence-electron chi connectivity index (χ1n) is 9.56. The normalized spacial score (nSPS) is 17.6. The van der Waals surface area contributed by atoms with Gasteiger partial charge >= 0.3 is 0 Å². The molecule has 30 heavy (non-hydrogen) atoms. The summed E-state index contributed by atoms with van der Waals surface area (Å²) in [6, 6.07) is 15.0. The summed E-state index contributed by atoms with van der Waals surface area (Å²) >= 11 is 0. The Bertz CT molecular complexity index is 1240. The Balaban J connectivity index is 1.55. The molecule has 0 bridgehead atoms. The maximum atomic E-state index is 13.2. The van der Waals surface area contributed by atoms with Crippen LogP contribution in [0.25, 0.3) is 10.8 Å². The van der Waals surface area contributed by atoms with Crippen molar-refractivity contribution >= 4 is 26.7 Å². The Kier molecular flexibility index (Phi) is 5.24. The van der Waals surface area contributed by atoms with Crippen molar-refractivity contribution < 1.29 is 13.2 Å². The Labute approximate surface area is 175 Å². The third-order valence-electron chi connectivity index (χ3n) is 5.39. The third kappa shape index (κ3) is 3.54. The molecule has 0 radical (unpaired) electrons. The minimum Gasteiger partial charge on any atom is -0.333 e. The lowest BCUT2D eigenvalue weighted by molar-refractivity contribution is 0.0593. The van der Waals surface area contributed by atoms with E-state index in [0.717, 1.165) is 10.8 Å². The van der Waals surface area contributed by atoms with Crippen LogP contribution >= 0.6 is 0 Å². The van der Waals surface area contributed by atoms with Gasteiger partial charge in [0.2, 0.25) is 10.0 Å². The first-order valence-corrected chi connectivity index (χ1v) is 11.0. The van der Waals surface area contributed by atoms with Crippen LogP contribution in [-0.2, 0) is 10.0 Å². The molecule has 152 valence electrons. The molecule has 7 nitrogen and oxygen atoms in total. The topological polar surface area (TPSA) is 94.4 Å². The average molecular weight is 420 g/mol. The maximum absolute atomic E-state index is 13.2. The molecule has 2 aromatic carbocycles. The van der Waals surface area contributed by atoms with Crippen LogP contribution < -0.4 is 0 Å². The summed E-state index contributed by atoms with van der Waals surface area (Å²) in [6.45, 7) is 2.56.